The maximum Gasteiger partial charge on any atom is 0.225 e. The number of Topliss-reactive ketones (excluding diaryl/α,β-unsaturated/α-hetero) is 1. The van der Waals surface area contributed by atoms with Gasteiger partial charge in [0.15, 0.2) is 5.78 Å². The van der Waals surface area contributed by atoms with Crippen molar-refractivity contribution in [2.24, 2.45) is 5.92 Å². The van der Waals surface area contributed by atoms with Gasteiger partial charge in [-0.05, 0) is 30.7 Å². The molecule has 0 radical (unpaired) electrons. The molecular weight excluding hydrogens is 290 g/mol. The van der Waals surface area contributed by atoms with Crippen LogP contribution in [0.2, 0.25) is 5.02 Å². The van der Waals surface area contributed by atoms with Crippen LogP contribution in [0.3, 0.4) is 0 Å². The fourth-order valence-electron chi connectivity index (χ4n) is 2.40. The Labute approximate surface area is 130 Å². The number of ether oxygens (including phenoxy) is 1. The van der Waals surface area contributed by atoms with Gasteiger partial charge in [0.2, 0.25) is 5.91 Å². The number of amides is 1. The third kappa shape index (κ3) is 4.55. The highest BCUT2D eigenvalue weighted by Crippen LogP contribution is 2.16. The SMILES string of the molecule is C[C@H](CC(=O)c1ccc(Cl)cc1)C(=O)N1CCCOCC1. The molecule has 2 rings (SSSR count). The van der Waals surface area contributed by atoms with Gasteiger partial charge in [-0.15, -0.1) is 0 Å². The summed E-state index contributed by atoms with van der Waals surface area (Å²) >= 11 is 5.81. The third-order valence-corrected chi connectivity index (χ3v) is 3.87. The molecular formula is C16H20ClNO3. The molecule has 114 valence electrons. The predicted molar refractivity (Wildman–Crippen MR) is 81.6 cm³/mol. The van der Waals surface area contributed by atoms with Crippen molar-refractivity contribution in [2.45, 2.75) is 19.8 Å². The van der Waals surface area contributed by atoms with E-state index in [-0.39, 0.29) is 24.0 Å². The summed E-state index contributed by atoms with van der Waals surface area (Å²) in [5.74, 6) is -0.312. The van der Waals surface area contributed by atoms with Crippen LogP contribution in [-0.2, 0) is 9.53 Å². The minimum Gasteiger partial charge on any atom is -0.380 e. The first kappa shape index (κ1) is 16.0. The van der Waals surface area contributed by atoms with Crippen molar-refractivity contribution in [3.63, 3.8) is 0 Å². The molecule has 0 spiro atoms. The minimum atomic E-state index is -0.314. The normalized spacial score (nSPS) is 17.1. The van der Waals surface area contributed by atoms with Crippen molar-refractivity contribution >= 4 is 23.3 Å². The number of ketones is 1. The van der Waals surface area contributed by atoms with E-state index in [4.69, 9.17) is 16.3 Å². The largest absolute Gasteiger partial charge is 0.380 e. The molecule has 0 aromatic heterocycles. The Bertz CT molecular complexity index is 493. The Morgan fingerprint density at radius 1 is 1.24 bits per heavy atom. The van der Waals surface area contributed by atoms with Crippen LogP contribution in [0.1, 0.15) is 30.1 Å². The summed E-state index contributed by atoms with van der Waals surface area (Å²) in [5.41, 5.74) is 0.596. The molecule has 1 aromatic rings. The number of nitrogens with zero attached hydrogens (tertiary/aromatic N) is 1. The zero-order valence-electron chi connectivity index (χ0n) is 12.2. The van der Waals surface area contributed by atoms with Crippen LogP contribution in [0, 0.1) is 5.92 Å². The summed E-state index contributed by atoms with van der Waals surface area (Å²) in [4.78, 5) is 26.4. The first-order valence-corrected chi connectivity index (χ1v) is 7.61. The predicted octanol–water partition coefficient (Wildman–Crippen LogP) is 2.80. The average Bonchev–Trinajstić information content (AvgIpc) is 2.76. The number of carbonyl (C=O) groups is 2. The van der Waals surface area contributed by atoms with Gasteiger partial charge in [-0.3, -0.25) is 9.59 Å². The summed E-state index contributed by atoms with van der Waals surface area (Å²) in [6.07, 6.45) is 1.07. The van der Waals surface area contributed by atoms with Crippen LogP contribution in [0.15, 0.2) is 24.3 Å². The third-order valence-electron chi connectivity index (χ3n) is 3.61. The van der Waals surface area contributed by atoms with Gasteiger partial charge in [0.1, 0.15) is 0 Å². The number of carbonyl (C=O) groups excluding carboxylic acids is 2. The monoisotopic (exact) mass is 309 g/mol. The van der Waals surface area contributed by atoms with Crippen molar-refractivity contribution in [1.82, 2.24) is 4.90 Å². The van der Waals surface area contributed by atoms with E-state index >= 15 is 0 Å². The lowest BCUT2D eigenvalue weighted by Crippen LogP contribution is -2.37. The highest BCUT2D eigenvalue weighted by Gasteiger charge is 2.24. The van der Waals surface area contributed by atoms with Gasteiger partial charge in [-0.25, -0.2) is 0 Å². The molecule has 1 aliphatic heterocycles. The summed E-state index contributed by atoms with van der Waals surface area (Å²) in [6.45, 7) is 4.39. The first-order valence-electron chi connectivity index (χ1n) is 7.23. The maximum atomic E-state index is 12.4. The van der Waals surface area contributed by atoms with Crippen LogP contribution >= 0.6 is 11.6 Å². The number of hydrogen-bond donors (Lipinski definition) is 0. The number of rotatable bonds is 4. The Balaban J connectivity index is 1.93. The van der Waals surface area contributed by atoms with Crippen LogP contribution in [-0.4, -0.2) is 42.9 Å². The van der Waals surface area contributed by atoms with Crippen LogP contribution in [0.25, 0.3) is 0 Å². The zero-order chi connectivity index (χ0) is 15.2. The van der Waals surface area contributed by atoms with E-state index < -0.39 is 0 Å². The van der Waals surface area contributed by atoms with E-state index in [2.05, 4.69) is 0 Å². The summed E-state index contributed by atoms with van der Waals surface area (Å²) < 4.78 is 5.34. The summed E-state index contributed by atoms with van der Waals surface area (Å²) in [6, 6.07) is 6.77. The standard InChI is InChI=1S/C16H20ClNO3/c1-12(16(20)18-7-2-9-21-10-8-18)11-15(19)13-3-5-14(17)6-4-13/h3-6,12H,2,7-11H2,1H3/t12-/m1/s1. The molecule has 0 saturated carbocycles. The fraction of sp³-hybridized carbons (Fsp3) is 0.500. The van der Waals surface area contributed by atoms with Gasteiger partial charge >= 0.3 is 0 Å². The Hall–Kier alpha value is -1.39. The van der Waals surface area contributed by atoms with Gasteiger partial charge < -0.3 is 9.64 Å². The first-order chi connectivity index (χ1) is 10.1. The minimum absolute atomic E-state index is 0.0291. The maximum absolute atomic E-state index is 12.4. The van der Waals surface area contributed by atoms with E-state index in [1.807, 2.05) is 6.92 Å². The number of benzene rings is 1. The quantitative estimate of drug-likeness (QED) is 0.804. The Morgan fingerprint density at radius 3 is 2.67 bits per heavy atom. The Morgan fingerprint density at radius 2 is 1.95 bits per heavy atom. The lowest BCUT2D eigenvalue weighted by Gasteiger charge is -2.23. The molecule has 1 fully saturated rings. The van der Waals surface area contributed by atoms with E-state index in [1.54, 1.807) is 29.2 Å². The second-order valence-corrected chi connectivity index (χ2v) is 5.76. The van der Waals surface area contributed by atoms with Crippen molar-refractivity contribution in [1.29, 1.82) is 0 Å². The van der Waals surface area contributed by atoms with E-state index in [1.165, 1.54) is 0 Å². The molecule has 0 aliphatic carbocycles. The van der Waals surface area contributed by atoms with E-state index in [0.29, 0.717) is 36.9 Å². The van der Waals surface area contributed by atoms with Crippen molar-refractivity contribution in [3.05, 3.63) is 34.9 Å². The molecule has 1 aromatic carbocycles. The molecule has 0 N–H and O–H groups in total. The topological polar surface area (TPSA) is 46.6 Å². The molecule has 0 bridgehead atoms. The molecule has 1 heterocycles. The van der Waals surface area contributed by atoms with Crippen LogP contribution < -0.4 is 0 Å². The van der Waals surface area contributed by atoms with Crippen molar-refractivity contribution < 1.29 is 14.3 Å². The average molecular weight is 310 g/mol. The van der Waals surface area contributed by atoms with Gasteiger partial charge in [-0.2, -0.15) is 0 Å². The molecule has 1 atom stereocenters. The molecule has 1 amide bonds. The second kappa shape index (κ2) is 7.57. The molecule has 4 nitrogen and oxygen atoms in total. The van der Waals surface area contributed by atoms with Gasteiger partial charge in [0.05, 0.1) is 6.61 Å². The van der Waals surface area contributed by atoms with Gasteiger partial charge in [0.25, 0.3) is 0 Å². The summed E-state index contributed by atoms with van der Waals surface area (Å²) in [7, 11) is 0. The molecule has 5 heteroatoms. The van der Waals surface area contributed by atoms with Crippen molar-refractivity contribution in [3.8, 4) is 0 Å². The van der Waals surface area contributed by atoms with Crippen LogP contribution in [0.5, 0.6) is 0 Å². The second-order valence-electron chi connectivity index (χ2n) is 5.33. The van der Waals surface area contributed by atoms with E-state index in [9.17, 15) is 9.59 Å². The van der Waals surface area contributed by atoms with E-state index in [0.717, 1.165) is 6.42 Å². The number of hydrogen-bond acceptors (Lipinski definition) is 3. The highest BCUT2D eigenvalue weighted by atomic mass is 35.5. The molecule has 1 saturated heterocycles. The lowest BCUT2D eigenvalue weighted by atomic mass is 9.98. The molecule has 21 heavy (non-hydrogen) atoms. The zero-order valence-corrected chi connectivity index (χ0v) is 12.9. The van der Waals surface area contributed by atoms with Crippen molar-refractivity contribution in [2.75, 3.05) is 26.3 Å². The fourth-order valence-corrected chi connectivity index (χ4v) is 2.52. The number of halogens is 1. The Kier molecular flexibility index (Phi) is 5.76. The van der Waals surface area contributed by atoms with Crippen LogP contribution in [0.4, 0.5) is 0 Å². The summed E-state index contributed by atoms with van der Waals surface area (Å²) in [5, 5.41) is 0.597. The molecule has 0 unspecified atom stereocenters. The lowest BCUT2D eigenvalue weighted by molar-refractivity contribution is -0.135. The molecule has 1 aliphatic rings. The van der Waals surface area contributed by atoms with Gasteiger partial charge in [-0.1, -0.05) is 18.5 Å². The smallest absolute Gasteiger partial charge is 0.225 e. The highest BCUT2D eigenvalue weighted by molar-refractivity contribution is 6.30. The van der Waals surface area contributed by atoms with Gasteiger partial charge in [0, 0.05) is 42.6 Å².